The first-order valence-electron chi connectivity index (χ1n) is 6.48. The van der Waals surface area contributed by atoms with Crippen molar-refractivity contribution in [2.24, 2.45) is 4.40 Å². The van der Waals surface area contributed by atoms with E-state index < -0.39 is 21.7 Å². The maximum absolute atomic E-state index is 13.5. The third-order valence-corrected chi connectivity index (χ3v) is 4.53. The molecular weight excluding hydrogens is 312 g/mol. The monoisotopic (exact) mass is 323 g/mol. The molecule has 0 atom stereocenters. The lowest BCUT2D eigenvalue weighted by atomic mass is 10.2. The van der Waals surface area contributed by atoms with Gasteiger partial charge in [0.05, 0.1) is 5.69 Å². The van der Waals surface area contributed by atoms with Crippen LogP contribution in [-0.2, 0) is 10.0 Å². The predicted octanol–water partition coefficient (Wildman–Crippen LogP) is 3.01. The molecule has 2 aromatic rings. The van der Waals surface area contributed by atoms with Gasteiger partial charge in [0.15, 0.2) is 17.5 Å². The molecule has 0 bridgehead atoms. The summed E-state index contributed by atoms with van der Waals surface area (Å²) in [4.78, 5) is 5.42. The van der Waals surface area contributed by atoms with Gasteiger partial charge in [-0.3, -0.25) is 4.90 Å². The Morgan fingerprint density at radius 1 is 1.18 bits per heavy atom. The Hall–Kier alpha value is -2.35. The molecule has 0 N–H and O–H groups in total. The standard InChI is InChI=1S/C14H11F2N3O2S/c1-2-13-18-22(20,21)12-4-3-7-17-14(12)19(13)9-5-6-10(15)11(16)8-9/h3-8H,2H2,1H3. The van der Waals surface area contributed by atoms with Crippen LogP contribution < -0.4 is 4.90 Å². The van der Waals surface area contributed by atoms with Gasteiger partial charge in [0.25, 0.3) is 10.0 Å². The number of pyridine rings is 1. The van der Waals surface area contributed by atoms with Crippen molar-refractivity contribution >= 4 is 27.4 Å². The van der Waals surface area contributed by atoms with E-state index in [9.17, 15) is 17.2 Å². The van der Waals surface area contributed by atoms with E-state index in [4.69, 9.17) is 0 Å². The minimum atomic E-state index is -3.85. The highest BCUT2D eigenvalue weighted by Gasteiger charge is 2.32. The number of aromatic nitrogens is 1. The quantitative estimate of drug-likeness (QED) is 0.852. The molecule has 0 fully saturated rings. The largest absolute Gasteiger partial charge is 0.287 e. The molecule has 114 valence electrons. The number of halogens is 2. The highest BCUT2D eigenvalue weighted by Crippen LogP contribution is 2.35. The molecular formula is C14H11F2N3O2S. The van der Waals surface area contributed by atoms with E-state index >= 15 is 0 Å². The van der Waals surface area contributed by atoms with E-state index in [1.54, 1.807) is 6.92 Å². The van der Waals surface area contributed by atoms with Crippen molar-refractivity contribution in [3.05, 3.63) is 48.2 Å². The number of hydrogen-bond acceptors (Lipinski definition) is 4. The van der Waals surface area contributed by atoms with E-state index in [1.807, 2.05) is 0 Å². The highest BCUT2D eigenvalue weighted by atomic mass is 32.2. The molecule has 0 unspecified atom stereocenters. The van der Waals surface area contributed by atoms with E-state index in [-0.39, 0.29) is 28.7 Å². The van der Waals surface area contributed by atoms with Crippen LogP contribution in [0.1, 0.15) is 13.3 Å². The molecule has 5 nitrogen and oxygen atoms in total. The van der Waals surface area contributed by atoms with Crippen LogP contribution in [-0.4, -0.2) is 19.2 Å². The fourth-order valence-corrected chi connectivity index (χ4v) is 3.43. The SMILES string of the molecule is CCC1=NS(=O)(=O)c2cccnc2N1c1ccc(F)c(F)c1. The van der Waals surface area contributed by atoms with Crippen LogP contribution in [0.2, 0.25) is 0 Å². The number of amidine groups is 1. The van der Waals surface area contributed by atoms with Crippen LogP contribution in [0.3, 0.4) is 0 Å². The van der Waals surface area contributed by atoms with Gasteiger partial charge in [-0.05, 0) is 24.3 Å². The maximum Gasteiger partial charge on any atom is 0.287 e. The van der Waals surface area contributed by atoms with Crippen LogP contribution in [0.4, 0.5) is 20.3 Å². The van der Waals surface area contributed by atoms with Crippen molar-refractivity contribution in [2.45, 2.75) is 18.2 Å². The number of hydrogen-bond donors (Lipinski definition) is 0. The third-order valence-electron chi connectivity index (χ3n) is 3.20. The van der Waals surface area contributed by atoms with Crippen LogP contribution in [0, 0.1) is 11.6 Å². The summed E-state index contributed by atoms with van der Waals surface area (Å²) < 4.78 is 54.7. The fourth-order valence-electron chi connectivity index (χ4n) is 2.22. The molecule has 0 spiro atoms. The van der Waals surface area contributed by atoms with Crippen molar-refractivity contribution in [1.29, 1.82) is 0 Å². The van der Waals surface area contributed by atoms with Crippen LogP contribution in [0.15, 0.2) is 45.8 Å². The summed E-state index contributed by atoms with van der Waals surface area (Å²) in [5.74, 6) is -1.69. The molecule has 1 aromatic heterocycles. The van der Waals surface area contributed by atoms with Crippen LogP contribution in [0.5, 0.6) is 0 Å². The highest BCUT2D eigenvalue weighted by molar-refractivity contribution is 7.90. The molecule has 0 saturated carbocycles. The van der Waals surface area contributed by atoms with Crippen molar-refractivity contribution in [2.75, 3.05) is 4.90 Å². The maximum atomic E-state index is 13.5. The summed E-state index contributed by atoms with van der Waals surface area (Å²) >= 11 is 0. The molecule has 0 amide bonds. The Balaban J connectivity index is 2.27. The molecule has 1 aromatic carbocycles. The zero-order valence-electron chi connectivity index (χ0n) is 11.5. The number of nitrogens with zero attached hydrogens (tertiary/aromatic N) is 3. The topological polar surface area (TPSA) is 62.6 Å². The van der Waals surface area contributed by atoms with Gasteiger partial charge >= 0.3 is 0 Å². The first-order chi connectivity index (χ1) is 10.4. The van der Waals surface area contributed by atoms with Crippen molar-refractivity contribution in [1.82, 2.24) is 4.98 Å². The Kier molecular flexibility index (Phi) is 3.40. The molecule has 1 aliphatic heterocycles. The van der Waals surface area contributed by atoms with E-state index in [1.165, 1.54) is 29.3 Å². The molecule has 0 saturated heterocycles. The van der Waals surface area contributed by atoms with Gasteiger partial charge in [-0.1, -0.05) is 6.92 Å². The number of sulfonamides is 1. The van der Waals surface area contributed by atoms with Gasteiger partial charge in [0.1, 0.15) is 10.7 Å². The zero-order chi connectivity index (χ0) is 15.9. The Morgan fingerprint density at radius 2 is 1.95 bits per heavy atom. The number of rotatable bonds is 2. The lowest BCUT2D eigenvalue weighted by Crippen LogP contribution is -2.32. The molecule has 0 radical (unpaired) electrons. The first kappa shape index (κ1) is 14.6. The molecule has 3 rings (SSSR count). The van der Waals surface area contributed by atoms with Gasteiger partial charge in [-0.25, -0.2) is 13.8 Å². The lowest BCUT2D eigenvalue weighted by molar-refractivity contribution is 0.509. The lowest BCUT2D eigenvalue weighted by Gasteiger charge is -2.29. The predicted molar refractivity (Wildman–Crippen MR) is 77.6 cm³/mol. The summed E-state index contributed by atoms with van der Waals surface area (Å²) in [5.41, 5.74) is 0.259. The van der Waals surface area contributed by atoms with Gasteiger partial charge in [-0.15, -0.1) is 4.40 Å². The van der Waals surface area contributed by atoms with Gasteiger partial charge < -0.3 is 0 Å². The Bertz CT molecular complexity index is 881. The second-order valence-electron chi connectivity index (χ2n) is 4.60. The second-order valence-corrected chi connectivity index (χ2v) is 6.17. The van der Waals surface area contributed by atoms with E-state index in [0.29, 0.717) is 0 Å². The molecule has 2 heterocycles. The number of anilines is 2. The Morgan fingerprint density at radius 3 is 2.64 bits per heavy atom. The molecule has 8 heteroatoms. The van der Waals surface area contributed by atoms with E-state index in [0.717, 1.165) is 12.1 Å². The third kappa shape index (κ3) is 2.25. The summed E-state index contributed by atoms with van der Waals surface area (Å²) in [6, 6.07) is 6.16. The van der Waals surface area contributed by atoms with E-state index in [2.05, 4.69) is 9.38 Å². The normalized spacial score (nSPS) is 16.1. The molecule has 0 aliphatic carbocycles. The van der Waals surface area contributed by atoms with Crippen molar-refractivity contribution in [3.63, 3.8) is 0 Å². The minimum absolute atomic E-state index is 0.0723. The second kappa shape index (κ2) is 5.13. The molecule has 1 aliphatic rings. The summed E-state index contributed by atoms with van der Waals surface area (Å²) in [6.07, 6.45) is 1.72. The fraction of sp³-hybridized carbons (Fsp3) is 0.143. The van der Waals surface area contributed by atoms with Crippen molar-refractivity contribution in [3.8, 4) is 0 Å². The number of benzene rings is 1. The summed E-state index contributed by atoms with van der Waals surface area (Å²) in [6.45, 7) is 1.72. The Labute approximate surface area is 126 Å². The summed E-state index contributed by atoms with van der Waals surface area (Å²) in [5, 5.41) is 0. The van der Waals surface area contributed by atoms with Crippen LogP contribution >= 0.6 is 0 Å². The zero-order valence-corrected chi connectivity index (χ0v) is 12.3. The summed E-state index contributed by atoms with van der Waals surface area (Å²) in [7, 11) is -3.85. The smallest absolute Gasteiger partial charge is 0.281 e. The van der Waals surface area contributed by atoms with Crippen LogP contribution in [0.25, 0.3) is 0 Å². The average Bonchev–Trinajstić information content (AvgIpc) is 2.50. The minimum Gasteiger partial charge on any atom is -0.281 e. The van der Waals surface area contributed by atoms with Gasteiger partial charge in [-0.2, -0.15) is 8.42 Å². The number of fused-ring (bicyclic) bond motifs is 1. The van der Waals surface area contributed by atoms with Gasteiger partial charge in [0.2, 0.25) is 0 Å². The molecule has 22 heavy (non-hydrogen) atoms. The van der Waals surface area contributed by atoms with Crippen molar-refractivity contribution < 1.29 is 17.2 Å². The first-order valence-corrected chi connectivity index (χ1v) is 7.92. The van der Waals surface area contributed by atoms with Gasteiger partial charge in [0, 0.05) is 18.7 Å². The average molecular weight is 323 g/mol.